The SMILES string of the molecule is CC(N)C(c1cnn(C)c1)N1CC(C)N(C)C(C)C1. The fourth-order valence-electron chi connectivity index (χ4n) is 3.11. The lowest BCUT2D eigenvalue weighted by Crippen LogP contribution is -2.57. The highest BCUT2D eigenvalue weighted by molar-refractivity contribution is 5.14. The van der Waals surface area contributed by atoms with Gasteiger partial charge in [-0.25, -0.2) is 0 Å². The first kappa shape index (κ1) is 14.5. The lowest BCUT2D eigenvalue weighted by molar-refractivity contribution is 0.0274. The van der Waals surface area contributed by atoms with E-state index in [1.165, 1.54) is 5.56 Å². The van der Waals surface area contributed by atoms with E-state index in [1.54, 1.807) is 0 Å². The number of hydrogen-bond donors (Lipinski definition) is 1. The zero-order valence-corrected chi connectivity index (χ0v) is 12.7. The first-order valence-corrected chi connectivity index (χ1v) is 7.10. The Labute approximate surface area is 116 Å². The molecule has 1 aromatic heterocycles. The molecular formula is C14H27N5. The Morgan fingerprint density at radius 3 is 2.26 bits per heavy atom. The molecule has 1 aliphatic rings. The fourth-order valence-corrected chi connectivity index (χ4v) is 3.11. The number of nitrogens with two attached hydrogens (primary N) is 1. The third kappa shape index (κ3) is 2.99. The van der Waals surface area contributed by atoms with E-state index in [1.807, 2.05) is 17.9 Å². The quantitative estimate of drug-likeness (QED) is 0.879. The van der Waals surface area contributed by atoms with Crippen molar-refractivity contribution in [3.05, 3.63) is 18.0 Å². The van der Waals surface area contributed by atoms with Crippen molar-refractivity contribution in [1.29, 1.82) is 0 Å². The molecule has 5 heteroatoms. The number of likely N-dealkylation sites (N-methyl/N-ethyl adjacent to an activating group) is 1. The van der Waals surface area contributed by atoms with Crippen molar-refractivity contribution in [3.8, 4) is 0 Å². The molecule has 1 fully saturated rings. The Hall–Kier alpha value is -0.910. The maximum absolute atomic E-state index is 6.24. The second kappa shape index (κ2) is 5.61. The fraction of sp³-hybridized carbons (Fsp3) is 0.786. The first-order valence-electron chi connectivity index (χ1n) is 7.10. The predicted molar refractivity (Wildman–Crippen MR) is 77.9 cm³/mol. The summed E-state index contributed by atoms with van der Waals surface area (Å²) in [5.41, 5.74) is 7.47. The van der Waals surface area contributed by atoms with Crippen molar-refractivity contribution < 1.29 is 0 Å². The van der Waals surface area contributed by atoms with Gasteiger partial charge in [-0.2, -0.15) is 5.10 Å². The summed E-state index contributed by atoms with van der Waals surface area (Å²) in [7, 11) is 4.16. The van der Waals surface area contributed by atoms with Gasteiger partial charge in [-0.1, -0.05) is 0 Å². The van der Waals surface area contributed by atoms with E-state index < -0.39 is 0 Å². The van der Waals surface area contributed by atoms with Crippen LogP contribution in [-0.2, 0) is 7.05 Å². The summed E-state index contributed by atoms with van der Waals surface area (Å²) in [6, 6.07) is 1.47. The average Bonchev–Trinajstić information content (AvgIpc) is 2.72. The molecule has 19 heavy (non-hydrogen) atoms. The second-order valence-electron chi connectivity index (χ2n) is 6.07. The number of nitrogens with zero attached hydrogens (tertiary/aromatic N) is 4. The van der Waals surface area contributed by atoms with Gasteiger partial charge in [0, 0.05) is 50.0 Å². The Kier molecular flexibility index (Phi) is 4.28. The molecule has 1 aliphatic heterocycles. The van der Waals surface area contributed by atoms with Gasteiger partial charge in [0.2, 0.25) is 0 Å². The molecule has 1 aromatic rings. The van der Waals surface area contributed by atoms with Gasteiger partial charge >= 0.3 is 0 Å². The van der Waals surface area contributed by atoms with Crippen LogP contribution >= 0.6 is 0 Å². The van der Waals surface area contributed by atoms with Gasteiger partial charge in [-0.15, -0.1) is 0 Å². The van der Waals surface area contributed by atoms with Gasteiger partial charge in [0.1, 0.15) is 0 Å². The molecule has 5 nitrogen and oxygen atoms in total. The zero-order valence-electron chi connectivity index (χ0n) is 12.7. The highest BCUT2D eigenvalue weighted by Crippen LogP contribution is 2.27. The molecule has 0 aliphatic carbocycles. The Balaban J connectivity index is 2.20. The van der Waals surface area contributed by atoms with Crippen LogP contribution in [0.2, 0.25) is 0 Å². The number of rotatable bonds is 3. The molecule has 2 rings (SSSR count). The summed E-state index contributed by atoms with van der Waals surface area (Å²) in [4.78, 5) is 4.95. The maximum Gasteiger partial charge on any atom is 0.0538 e. The van der Waals surface area contributed by atoms with Crippen molar-refractivity contribution in [2.75, 3.05) is 20.1 Å². The monoisotopic (exact) mass is 265 g/mol. The van der Waals surface area contributed by atoms with Gasteiger partial charge in [-0.05, 0) is 27.8 Å². The van der Waals surface area contributed by atoms with Gasteiger partial charge in [0.05, 0.1) is 12.2 Å². The summed E-state index contributed by atoms with van der Waals surface area (Å²) in [6.07, 6.45) is 4.03. The van der Waals surface area contributed by atoms with Crippen LogP contribution in [0.15, 0.2) is 12.4 Å². The minimum absolute atomic E-state index is 0.104. The van der Waals surface area contributed by atoms with E-state index in [0.717, 1.165) is 13.1 Å². The maximum atomic E-state index is 6.24. The highest BCUT2D eigenvalue weighted by atomic mass is 15.3. The molecule has 2 N–H and O–H groups in total. The van der Waals surface area contributed by atoms with Gasteiger partial charge in [0.25, 0.3) is 0 Å². The summed E-state index contributed by atoms with van der Waals surface area (Å²) in [6.45, 7) is 8.77. The molecule has 0 radical (unpaired) electrons. The minimum Gasteiger partial charge on any atom is -0.326 e. The largest absolute Gasteiger partial charge is 0.326 e. The van der Waals surface area contributed by atoms with Gasteiger partial charge < -0.3 is 5.73 Å². The van der Waals surface area contributed by atoms with Crippen LogP contribution in [-0.4, -0.2) is 57.8 Å². The van der Waals surface area contributed by atoms with Crippen molar-refractivity contribution in [2.45, 2.75) is 44.9 Å². The molecule has 0 spiro atoms. The average molecular weight is 265 g/mol. The van der Waals surface area contributed by atoms with E-state index in [2.05, 4.69) is 48.9 Å². The topological polar surface area (TPSA) is 50.3 Å². The summed E-state index contributed by atoms with van der Waals surface area (Å²) in [5.74, 6) is 0. The molecule has 0 aromatic carbocycles. The first-order chi connectivity index (χ1) is 8.90. The van der Waals surface area contributed by atoms with Gasteiger partial charge in [0.15, 0.2) is 0 Å². The molecule has 0 amide bonds. The van der Waals surface area contributed by atoms with Crippen molar-refractivity contribution in [2.24, 2.45) is 12.8 Å². The van der Waals surface area contributed by atoms with Crippen molar-refractivity contribution >= 4 is 0 Å². The lowest BCUT2D eigenvalue weighted by atomic mass is 9.98. The van der Waals surface area contributed by atoms with Crippen molar-refractivity contribution in [1.82, 2.24) is 19.6 Å². The van der Waals surface area contributed by atoms with Crippen LogP contribution in [0.5, 0.6) is 0 Å². The molecule has 108 valence electrons. The van der Waals surface area contributed by atoms with E-state index in [4.69, 9.17) is 5.73 Å². The number of aromatic nitrogens is 2. The number of hydrogen-bond acceptors (Lipinski definition) is 4. The molecule has 1 saturated heterocycles. The normalized spacial score (nSPS) is 29.4. The molecule has 4 unspecified atom stereocenters. The van der Waals surface area contributed by atoms with E-state index in [-0.39, 0.29) is 12.1 Å². The summed E-state index contributed by atoms with van der Waals surface area (Å²) in [5, 5.41) is 4.29. The third-order valence-corrected chi connectivity index (χ3v) is 4.35. The summed E-state index contributed by atoms with van der Waals surface area (Å²) < 4.78 is 1.85. The van der Waals surface area contributed by atoms with Crippen molar-refractivity contribution in [3.63, 3.8) is 0 Å². The smallest absolute Gasteiger partial charge is 0.0538 e. The van der Waals surface area contributed by atoms with Crippen LogP contribution in [0, 0.1) is 0 Å². The van der Waals surface area contributed by atoms with Crippen LogP contribution in [0.3, 0.4) is 0 Å². The number of piperazine rings is 1. The lowest BCUT2D eigenvalue weighted by Gasteiger charge is -2.46. The molecule has 4 atom stereocenters. The Morgan fingerprint density at radius 1 is 1.26 bits per heavy atom. The highest BCUT2D eigenvalue weighted by Gasteiger charge is 2.33. The van der Waals surface area contributed by atoms with E-state index in [9.17, 15) is 0 Å². The van der Waals surface area contributed by atoms with Gasteiger partial charge in [-0.3, -0.25) is 14.5 Å². The van der Waals surface area contributed by atoms with Crippen LogP contribution in [0.1, 0.15) is 32.4 Å². The minimum atomic E-state index is 0.104. The third-order valence-electron chi connectivity index (χ3n) is 4.35. The van der Waals surface area contributed by atoms with Crippen LogP contribution in [0.25, 0.3) is 0 Å². The molecule has 0 bridgehead atoms. The molecular weight excluding hydrogens is 238 g/mol. The Bertz CT molecular complexity index is 402. The molecule has 0 saturated carbocycles. The Morgan fingerprint density at radius 2 is 1.84 bits per heavy atom. The standard InChI is InChI=1S/C14H27N5/c1-10-7-19(8-11(2)18(10)5)14(12(3)15)13-6-16-17(4)9-13/h6,9-12,14H,7-8,15H2,1-5H3. The van der Waals surface area contributed by atoms with Crippen LogP contribution < -0.4 is 5.73 Å². The summed E-state index contributed by atoms with van der Waals surface area (Å²) >= 11 is 0. The van der Waals surface area contributed by atoms with E-state index >= 15 is 0 Å². The predicted octanol–water partition coefficient (Wildman–Crippen LogP) is 0.833. The zero-order chi connectivity index (χ0) is 14.2. The molecule has 2 heterocycles. The second-order valence-corrected chi connectivity index (χ2v) is 6.07. The number of aryl methyl sites for hydroxylation is 1. The van der Waals surface area contributed by atoms with E-state index in [0.29, 0.717) is 12.1 Å². The van der Waals surface area contributed by atoms with Crippen LogP contribution in [0.4, 0.5) is 0 Å².